The standard InChI is InChI=1S/C24H21N7OS/c32-23(20-15-33-24(29-20)31-21-8-4-1-5-16(21)13-27-31)28-19-14-26-18-7-3-2-6-17(18)22(19)30-11-9-25-10-12-30/h1-8,13-15,25H,9-12H2,(H,28,32). The number of fused-ring (bicyclic) bond motifs is 2. The molecule has 0 atom stereocenters. The van der Waals surface area contributed by atoms with Crippen molar-refractivity contribution in [2.75, 3.05) is 36.4 Å². The number of nitrogens with zero attached hydrogens (tertiary/aromatic N) is 5. The van der Waals surface area contributed by atoms with Gasteiger partial charge in [-0.15, -0.1) is 11.3 Å². The minimum atomic E-state index is -0.262. The molecule has 0 spiro atoms. The van der Waals surface area contributed by atoms with Crippen LogP contribution in [-0.2, 0) is 0 Å². The van der Waals surface area contributed by atoms with Gasteiger partial charge in [-0.2, -0.15) is 5.10 Å². The molecule has 6 rings (SSSR count). The number of benzene rings is 2. The maximum atomic E-state index is 13.2. The smallest absolute Gasteiger partial charge is 0.275 e. The van der Waals surface area contributed by atoms with Gasteiger partial charge in [0, 0.05) is 42.3 Å². The number of hydrogen-bond donors (Lipinski definition) is 2. The van der Waals surface area contributed by atoms with Crippen LogP contribution < -0.4 is 15.5 Å². The van der Waals surface area contributed by atoms with Crippen LogP contribution in [0, 0.1) is 0 Å². The number of para-hydroxylation sites is 2. The van der Waals surface area contributed by atoms with E-state index in [4.69, 9.17) is 0 Å². The molecule has 4 heterocycles. The van der Waals surface area contributed by atoms with Gasteiger partial charge < -0.3 is 15.5 Å². The van der Waals surface area contributed by atoms with E-state index >= 15 is 0 Å². The van der Waals surface area contributed by atoms with Crippen molar-refractivity contribution in [1.82, 2.24) is 25.1 Å². The van der Waals surface area contributed by atoms with E-state index in [1.54, 1.807) is 22.5 Å². The van der Waals surface area contributed by atoms with Gasteiger partial charge in [0.2, 0.25) is 5.13 Å². The summed E-state index contributed by atoms with van der Waals surface area (Å²) in [6, 6.07) is 16.0. The molecular weight excluding hydrogens is 434 g/mol. The molecule has 33 heavy (non-hydrogen) atoms. The average Bonchev–Trinajstić information content (AvgIpc) is 3.52. The molecule has 0 bridgehead atoms. The van der Waals surface area contributed by atoms with Gasteiger partial charge in [-0.3, -0.25) is 9.78 Å². The molecule has 1 fully saturated rings. The van der Waals surface area contributed by atoms with Gasteiger partial charge in [0.1, 0.15) is 5.69 Å². The molecule has 0 aliphatic carbocycles. The lowest BCUT2D eigenvalue weighted by Gasteiger charge is -2.32. The third kappa shape index (κ3) is 3.61. The molecule has 3 aromatic heterocycles. The second kappa shape index (κ2) is 8.27. The molecule has 1 aliphatic heterocycles. The molecule has 8 nitrogen and oxygen atoms in total. The first-order valence-electron chi connectivity index (χ1n) is 10.8. The van der Waals surface area contributed by atoms with Gasteiger partial charge in [-0.05, 0) is 12.1 Å². The number of carbonyl (C=O) groups is 1. The Labute approximate surface area is 193 Å². The van der Waals surface area contributed by atoms with Crippen LogP contribution in [0.3, 0.4) is 0 Å². The number of rotatable bonds is 4. The molecule has 2 aromatic carbocycles. The lowest BCUT2D eigenvalue weighted by molar-refractivity contribution is 0.102. The van der Waals surface area contributed by atoms with Crippen molar-refractivity contribution >= 4 is 50.4 Å². The normalized spacial score (nSPS) is 14.1. The first kappa shape index (κ1) is 19.8. The van der Waals surface area contributed by atoms with Gasteiger partial charge in [0.15, 0.2) is 0 Å². The highest BCUT2D eigenvalue weighted by Gasteiger charge is 2.21. The number of hydrogen-bond acceptors (Lipinski definition) is 7. The quantitative estimate of drug-likeness (QED) is 0.430. The predicted octanol–water partition coefficient (Wildman–Crippen LogP) is 3.69. The molecule has 0 saturated carbocycles. The Bertz CT molecular complexity index is 1470. The highest BCUT2D eigenvalue weighted by atomic mass is 32.1. The zero-order valence-electron chi connectivity index (χ0n) is 17.7. The van der Waals surface area contributed by atoms with E-state index in [1.165, 1.54) is 11.3 Å². The van der Waals surface area contributed by atoms with Crippen LogP contribution in [0.5, 0.6) is 0 Å². The zero-order chi connectivity index (χ0) is 22.2. The van der Waals surface area contributed by atoms with Crippen molar-refractivity contribution in [1.29, 1.82) is 0 Å². The van der Waals surface area contributed by atoms with Gasteiger partial charge in [0.25, 0.3) is 5.91 Å². The van der Waals surface area contributed by atoms with Gasteiger partial charge in [-0.1, -0.05) is 36.4 Å². The van der Waals surface area contributed by atoms with E-state index in [0.717, 1.165) is 53.7 Å². The summed E-state index contributed by atoms with van der Waals surface area (Å²) in [4.78, 5) is 24.6. The molecule has 1 saturated heterocycles. The number of nitrogens with one attached hydrogen (secondary N) is 2. The Morgan fingerprint density at radius 2 is 1.85 bits per heavy atom. The van der Waals surface area contributed by atoms with Crippen LogP contribution in [0.25, 0.3) is 26.9 Å². The molecule has 2 N–H and O–H groups in total. The Hall–Kier alpha value is -3.82. The maximum Gasteiger partial charge on any atom is 0.275 e. The summed E-state index contributed by atoms with van der Waals surface area (Å²) in [6.45, 7) is 3.53. The molecule has 164 valence electrons. The molecule has 0 unspecified atom stereocenters. The number of anilines is 2. The maximum absolute atomic E-state index is 13.2. The fourth-order valence-electron chi connectivity index (χ4n) is 4.22. The molecule has 5 aromatic rings. The fraction of sp³-hybridized carbons (Fsp3) is 0.167. The van der Waals surface area contributed by atoms with Crippen LogP contribution >= 0.6 is 11.3 Å². The highest BCUT2D eigenvalue weighted by molar-refractivity contribution is 7.12. The first-order chi connectivity index (χ1) is 16.3. The minimum absolute atomic E-state index is 0.262. The van der Waals surface area contributed by atoms with Crippen molar-refractivity contribution in [3.63, 3.8) is 0 Å². The van der Waals surface area contributed by atoms with Crippen molar-refractivity contribution < 1.29 is 4.79 Å². The molecule has 0 radical (unpaired) electrons. The van der Waals surface area contributed by atoms with Crippen molar-refractivity contribution in [2.24, 2.45) is 0 Å². The number of thiazole rings is 1. The van der Waals surface area contributed by atoms with Crippen LogP contribution in [0.1, 0.15) is 10.5 Å². The van der Waals surface area contributed by atoms with Crippen molar-refractivity contribution in [3.05, 3.63) is 72.0 Å². The summed E-state index contributed by atoms with van der Waals surface area (Å²) in [6.07, 6.45) is 3.54. The van der Waals surface area contributed by atoms with Crippen molar-refractivity contribution in [2.45, 2.75) is 0 Å². The third-order valence-corrected chi connectivity index (χ3v) is 6.63. The minimum Gasteiger partial charge on any atom is -0.367 e. The van der Waals surface area contributed by atoms with E-state index in [0.29, 0.717) is 16.5 Å². The van der Waals surface area contributed by atoms with Crippen LogP contribution in [0.15, 0.2) is 66.3 Å². The van der Waals surface area contributed by atoms with E-state index in [1.807, 2.05) is 42.5 Å². The van der Waals surface area contributed by atoms with Crippen LogP contribution in [0.4, 0.5) is 11.4 Å². The molecule has 9 heteroatoms. The molecule has 1 aliphatic rings. The number of aromatic nitrogens is 4. The third-order valence-electron chi connectivity index (χ3n) is 5.81. The van der Waals surface area contributed by atoms with E-state index in [9.17, 15) is 4.79 Å². The van der Waals surface area contributed by atoms with Crippen LogP contribution in [-0.4, -0.2) is 51.8 Å². The first-order valence-corrected chi connectivity index (χ1v) is 11.7. The van der Waals surface area contributed by atoms with Gasteiger partial charge in [0.05, 0.1) is 34.8 Å². The summed E-state index contributed by atoms with van der Waals surface area (Å²) in [5, 5.41) is 15.4. The predicted molar refractivity (Wildman–Crippen MR) is 132 cm³/mol. The summed E-state index contributed by atoms with van der Waals surface area (Å²) < 4.78 is 1.76. The summed E-state index contributed by atoms with van der Waals surface area (Å²) >= 11 is 1.39. The Balaban J connectivity index is 1.33. The second-order valence-corrected chi connectivity index (χ2v) is 8.70. The molecular formula is C24H21N7OS. The number of carbonyl (C=O) groups excluding carboxylic acids is 1. The van der Waals surface area contributed by atoms with E-state index in [2.05, 4.69) is 36.7 Å². The topological polar surface area (TPSA) is 88.0 Å². The number of pyridine rings is 1. The average molecular weight is 456 g/mol. The van der Waals surface area contributed by atoms with Crippen molar-refractivity contribution in [3.8, 4) is 5.13 Å². The molecule has 1 amide bonds. The fourth-order valence-corrected chi connectivity index (χ4v) is 5.00. The number of piperazine rings is 1. The Morgan fingerprint density at radius 3 is 2.76 bits per heavy atom. The van der Waals surface area contributed by atoms with Gasteiger partial charge in [-0.25, -0.2) is 9.67 Å². The summed E-state index contributed by atoms with van der Waals surface area (Å²) in [5.74, 6) is -0.262. The van der Waals surface area contributed by atoms with E-state index in [-0.39, 0.29) is 5.91 Å². The second-order valence-electron chi connectivity index (χ2n) is 7.86. The largest absolute Gasteiger partial charge is 0.367 e. The monoisotopic (exact) mass is 455 g/mol. The lowest BCUT2D eigenvalue weighted by atomic mass is 10.1. The lowest BCUT2D eigenvalue weighted by Crippen LogP contribution is -2.44. The van der Waals surface area contributed by atoms with Gasteiger partial charge >= 0.3 is 0 Å². The number of amides is 1. The summed E-state index contributed by atoms with van der Waals surface area (Å²) in [5.41, 5.74) is 3.92. The Kier molecular flexibility index (Phi) is 4.97. The SMILES string of the molecule is O=C(Nc1cnc2ccccc2c1N1CCNCC1)c1csc(-n2ncc3ccccc32)n1. The zero-order valence-corrected chi connectivity index (χ0v) is 18.5. The summed E-state index contributed by atoms with van der Waals surface area (Å²) in [7, 11) is 0. The van der Waals surface area contributed by atoms with Crippen LogP contribution in [0.2, 0.25) is 0 Å². The van der Waals surface area contributed by atoms with E-state index < -0.39 is 0 Å². The highest BCUT2D eigenvalue weighted by Crippen LogP contribution is 2.34. The Morgan fingerprint density at radius 1 is 1.03 bits per heavy atom.